The number of ether oxygens (including phenoxy) is 2. The molecule has 0 saturated carbocycles. The van der Waals surface area contributed by atoms with Crippen LogP contribution < -0.4 is 9.47 Å². The number of hydrogen-bond donors (Lipinski definition) is 0. The van der Waals surface area contributed by atoms with Gasteiger partial charge in [0.1, 0.15) is 17.6 Å². The molecule has 0 bridgehead atoms. The van der Waals surface area contributed by atoms with Gasteiger partial charge in [0.2, 0.25) is 5.91 Å². The molecule has 0 spiro atoms. The molecule has 1 unspecified atom stereocenters. The molecule has 2 aliphatic heterocycles. The van der Waals surface area contributed by atoms with Gasteiger partial charge in [-0.2, -0.15) is 0 Å². The third-order valence-electron chi connectivity index (χ3n) is 5.85. The molecule has 2 aromatic carbocycles. The Morgan fingerprint density at radius 1 is 1.09 bits per heavy atom. The third-order valence-corrected chi connectivity index (χ3v) is 5.85. The molecule has 1 saturated heterocycles. The summed E-state index contributed by atoms with van der Waals surface area (Å²) in [6.07, 6.45) is 5.17. The Kier molecular flexibility index (Phi) is 6.78. The fraction of sp³-hybridized carbons (Fsp3) is 0.385. The number of carbonyl (C=O) groups is 2. The lowest BCUT2D eigenvalue weighted by Crippen LogP contribution is -2.36. The predicted octanol–water partition coefficient (Wildman–Crippen LogP) is 3.80. The van der Waals surface area contributed by atoms with Gasteiger partial charge in [-0.15, -0.1) is 0 Å². The minimum atomic E-state index is -0.0590. The maximum Gasteiger partial charge on any atom is 0.253 e. The Hall–Kier alpha value is -3.28. The van der Waals surface area contributed by atoms with Gasteiger partial charge in [-0.05, 0) is 50.6 Å². The van der Waals surface area contributed by atoms with Crippen LogP contribution in [-0.4, -0.2) is 60.5 Å². The van der Waals surface area contributed by atoms with Gasteiger partial charge in [-0.1, -0.05) is 18.2 Å². The number of fused-ring (bicyclic) bond motifs is 1. The molecule has 4 rings (SSSR count). The van der Waals surface area contributed by atoms with Gasteiger partial charge in [0.05, 0.1) is 6.61 Å². The highest BCUT2D eigenvalue weighted by Gasteiger charge is 2.23. The zero-order valence-electron chi connectivity index (χ0n) is 18.8. The number of hydrogen-bond acceptors (Lipinski definition) is 4. The second-order valence-electron chi connectivity index (χ2n) is 8.23. The van der Waals surface area contributed by atoms with E-state index in [0.717, 1.165) is 35.5 Å². The lowest BCUT2D eigenvalue weighted by Gasteiger charge is -2.21. The van der Waals surface area contributed by atoms with Crippen molar-refractivity contribution in [1.82, 2.24) is 9.80 Å². The van der Waals surface area contributed by atoms with E-state index in [4.69, 9.17) is 9.47 Å². The molecule has 32 heavy (non-hydrogen) atoms. The van der Waals surface area contributed by atoms with E-state index in [1.54, 1.807) is 17.1 Å². The van der Waals surface area contributed by atoms with Crippen LogP contribution in [0.25, 0.3) is 6.08 Å². The van der Waals surface area contributed by atoms with Crippen LogP contribution in [0, 0.1) is 0 Å². The Morgan fingerprint density at radius 2 is 1.84 bits per heavy atom. The van der Waals surface area contributed by atoms with E-state index in [1.165, 1.54) is 0 Å². The van der Waals surface area contributed by atoms with Gasteiger partial charge >= 0.3 is 0 Å². The summed E-state index contributed by atoms with van der Waals surface area (Å²) in [7, 11) is 0. The topological polar surface area (TPSA) is 59.1 Å². The molecular weight excluding hydrogens is 404 g/mol. The fourth-order valence-electron chi connectivity index (χ4n) is 4.24. The maximum absolute atomic E-state index is 12.9. The van der Waals surface area contributed by atoms with Crippen molar-refractivity contribution in [3.63, 3.8) is 0 Å². The zero-order chi connectivity index (χ0) is 22.5. The van der Waals surface area contributed by atoms with Gasteiger partial charge in [-0.3, -0.25) is 9.59 Å². The van der Waals surface area contributed by atoms with E-state index in [9.17, 15) is 9.59 Å². The first kappa shape index (κ1) is 21.9. The molecule has 2 heterocycles. The molecular formula is C26H30N2O4. The third kappa shape index (κ3) is 4.96. The number of nitrogens with zero attached hydrogens (tertiary/aromatic N) is 2. The first-order valence-electron chi connectivity index (χ1n) is 11.3. The van der Waals surface area contributed by atoms with Crippen molar-refractivity contribution >= 4 is 17.9 Å². The maximum atomic E-state index is 12.9. The molecule has 0 aliphatic carbocycles. The summed E-state index contributed by atoms with van der Waals surface area (Å²) >= 11 is 0. The van der Waals surface area contributed by atoms with E-state index in [2.05, 4.69) is 0 Å². The Bertz CT molecular complexity index is 1000. The van der Waals surface area contributed by atoms with Crippen molar-refractivity contribution in [2.75, 3.05) is 32.8 Å². The van der Waals surface area contributed by atoms with Gasteiger partial charge < -0.3 is 19.3 Å². The molecule has 0 N–H and O–H groups in total. The SMILES string of the molecule is CCOc1cc2c(cc1/C=C/C(=O)N1CCCN(C(=O)c3ccccc3)CC1)OC(C)C2. The number of amides is 2. The highest BCUT2D eigenvalue weighted by atomic mass is 16.5. The summed E-state index contributed by atoms with van der Waals surface area (Å²) in [6.45, 7) is 6.88. The van der Waals surface area contributed by atoms with Crippen molar-refractivity contribution in [1.29, 1.82) is 0 Å². The molecule has 1 atom stereocenters. The molecule has 2 amide bonds. The summed E-state index contributed by atoms with van der Waals surface area (Å²) in [4.78, 5) is 29.3. The highest BCUT2D eigenvalue weighted by Crippen LogP contribution is 2.35. The Balaban J connectivity index is 1.42. The van der Waals surface area contributed by atoms with E-state index in [0.29, 0.717) is 38.3 Å². The summed E-state index contributed by atoms with van der Waals surface area (Å²) in [6, 6.07) is 13.3. The van der Waals surface area contributed by atoms with Gasteiger partial charge in [0.15, 0.2) is 0 Å². The van der Waals surface area contributed by atoms with Crippen LogP contribution >= 0.6 is 0 Å². The van der Waals surface area contributed by atoms with E-state index >= 15 is 0 Å². The molecule has 0 aromatic heterocycles. The van der Waals surface area contributed by atoms with Crippen LogP contribution in [0.1, 0.15) is 41.8 Å². The van der Waals surface area contributed by atoms with Crippen molar-refractivity contribution < 1.29 is 19.1 Å². The summed E-state index contributed by atoms with van der Waals surface area (Å²) in [5.41, 5.74) is 2.66. The fourth-order valence-corrected chi connectivity index (χ4v) is 4.24. The minimum absolute atomic E-state index is 0.0177. The van der Waals surface area contributed by atoms with Crippen LogP contribution in [0.4, 0.5) is 0 Å². The average Bonchev–Trinajstić information content (AvgIpc) is 2.99. The van der Waals surface area contributed by atoms with E-state index < -0.39 is 0 Å². The molecule has 6 heteroatoms. The monoisotopic (exact) mass is 434 g/mol. The van der Waals surface area contributed by atoms with Crippen LogP contribution in [0.3, 0.4) is 0 Å². The zero-order valence-corrected chi connectivity index (χ0v) is 18.8. The van der Waals surface area contributed by atoms with Crippen LogP contribution in [0.2, 0.25) is 0 Å². The number of carbonyl (C=O) groups excluding carboxylic acids is 2. The average molecular weight is 435 g/mol. The largest absolute Gasteiger partial charge is 0.493 e. The van der Waals surface area contributed by atoms with E-state index in [1.807, 2.05) is 61.2 Å². The molecule has 1 fully saturated rings. The minimum Gasteiger partial charge on any atom is -0.493 e. The molecule has 2 aliphatic rings. The Labute approximate surface area is 189 Å². The number of benzene rings is 2. The first-order chi connectivity index (χ1) is 15.5. The van der Waals surface area contributed by atoms with Gasteiger partial charge in [0, 0.05) is 55.4 Å². The van der Waals surface area contributed by atoms with E-state index in [-0.39, 0.29) is 17.9 Å². The highest BCUT2D eigenvalue weighted by molar-refractivity contribution is 5.94. The van der Waals surface area contributed by atoms with Crippen molar-refractivity contribution in [2.45, 2.75) is 32.8 Å². The van der Waals surface area contributed by atoms with Gasteiger partial charge in [0.25, 0.3) is 5.91 Å². The van der Waals surface area contributed by atoms with Crippen LogP contribution in [0.15, 0.2) is 48.5 Å². The molecule has 6 nitrogen and oxygen atoms in total. The van der Waals surface area contributed by atoms with Crippen LogP contribution in [0.5, 0.6) is 11.5 Å². The lowest BCUT2D eigenvalue weighted by molar-refractivity contribution is -0.125. The van der Waals surface area contributed by atoms with Crippen molar-refractivity contribution in [3.8, 4) is 11.5 Å². The van der Waals surface area contributed by atoms with Crippen molar-refractivity contribution in [3.05, 3.63) is 65.2 Å². The summed E-state index contributed by atoms with van der Waals surface area (Å²) < 4.78 is 11.7. The standard InChI is InChI=1S/C26H30N2O4/c1-3-31-23-18-22-16-19(2)32-24(22)17-21(23)10-11-25(29)27-12-7-13-28(15-14-27)26(30)20-8-5-4-6-9-20/h4-6,8-11,17-19H,3,7,12-16H2,1-2H3/b11-10+. The smallest absolute Gasteiger partial charge is 0.253 e. The molecule has 0 radical (unpaired) electrons. The Morgan fingerprint density at radius 3 is 2.62 bits per heavy atom. The molecule has 2 aromatic rings. The normalized spacial score (nSPS) is 18.2. The van der Waals surface area contributed by atoms with Crippen molar-refractivity contribution in [2.24, 2.45) is 0 Å². The van der Waals surface area contributed by atoms with Crippen LogP contribution in [-0.2, 0) is 11.2 Å². The quantitative estimate of drug-likeness (QED) is 0.672. The first-order valence-corrected chi connectivity index (χ1v) is 11.3. The second kappa shape index (κ2) is 9.90. The second-order valence-corrected chi connectivity index (χ2v) is 8.23. The van der Waals surface area contributed by atoms with Gasteiger partial charge in [-0.25, -0.2) is 0 Å². The lowest BCUT2D eigenvalue weighted by atomic mass is 10.1. The summed E-state index contributed by atoms with van der Waals surface area (Å²) in [5, 5.41) is 0. The molecule has 168 valence electrons. The number of rotatable bonds is 5. The predicted molar refractivity (Wildman–Crippen MR) is 124 cm³/mol. The summed E-state index contributed by atoms with van der Waals surface area (Å²) in [5.74, 6) is 1.59.